The molecule has 6 N–H and O–H groups in total. The number of aliphatic imine (C=N–C) groups is 1. The van der Waals surface area contributed by atoms with Gasteiger partial charge in [-0.1, -0.05) is 12.5 Å². The SMILES string of the molecule is CC(/N=C(\C=C/N)n1cc(CCO)cn1)C(=N)c1cc(C2CCN(C3CCC3)CC2)ccc1N. The van der Waals surface area contributed by atoms with Crippen LogP contribution in [0.3, 0.4) is 0 Å². The molecule has 2 aromatic rings. The highest BCUT2D eigenvalue weighted by Gasteiger charge is 2.29. The molecule has 1 aromatic heterocycles. The van der Waals surface area contributed by atoms with E-state index >= 15 is 0 Å². The van der Waals surface area contributed by atoms with Crippen LogP contribution in [-0.2, 0) is 6.42 Å². The number of hydrogen-bond donors (Lipinski definition) is 4. The summed E-state index contributed by atoms with van der Waals surface area (Å²) in [4.78, 5) is 7.37. The Hall–Kier alpha value is -2.97. The molecule has 8 heteroatoms. The normalized spacial score (nSPS) is 19.4. The number of nitrogens with one attached hydrogen (secondary N) is 1. The number of piperidine rings is 1. The van der Waals surface area contributed by atoms with Gasteiger partial charge in [0.05, 0.1) is 18.0 Å². The van der Waals surface area contributed by atoms with Crippen molar-refractivity contribution in [3.8, 4) is 0 Å². The minimum atomic E-state index is -0.435. The fourth-order valence-corrected chi connectivity index (χ4v) is 4.91. The molecule has 0 bridgehead atoms. The Morgan fingerprint density at radius 1 is 1.29 bits per heavy atom. The van der Waals surface area contributed by atoms with Gasteiger partial charge in [-0.25, -0.2) is 4.68 Å². The van der Waals surface area contributed by atoms with Gasteiger partial charge in [-0.05, 0) is 93.6 Å². The summed E-state index contributed by atoms with van der Waals surface area (Å²) in [5.41, 5.74) is 15.8. The van der Waals surface area contributed by atoms with Gasteiger partial charge in [0.25, 0.3) is 0 Å². The summed E-state index contributed by atoms with van der Waals surface area (Å²) in [5.74, 6) is 1.04. The molecule has 1 unspecified atom stereocenters. The van der Waals surface area contributed by atoms with Crippen LogP contribution in [0.2, 0.25) is 0 Å². The molecule has 2 heterocycles. The number of aromatic nitrogens is 2. The van der Waals surface area contributed by atoms with E-state index in [0.717, 1.165) is 43.1 Å². The second-order valence-corrected chi connectivity index (χ2v) is 9.44. The van der Waals surface area contributed by atoms with Crippen LogP contribution in [0.15, 0.2) is 47.9 Å². The molecule has 2 fully saturated rings. The zero-order chi connectivity index (χ0) is 24.1. The minimum Gasteiger partial charge on any atom is -0.404 e. The molecule has 2 aliphatic rings. The Balaban J connectivity index is 1.49. The van der Waals surface area contributed by atoms with E-state index in [0.29, 0.717) is 29.6 Å². The van der Waals surface area contributed by atoms with Crippen LogP contribution in [0.1, 0.15) is 61.6 Å². The first kappa shape index (κ1) is 24.2. The highest BCUT2D eigenvalue weighted by atomic mass is 16.3. The minimum absolute atomic E-state index is 0.0567. The van der Waals surface area contributed by atoms with Crippen LogP contribution >= 0.6 is 0 Å². The molecule has 1 aliphatic heterocycles. The summed E-state index contributed by atoms with van der Waals surface area (Å²) in [6.07, 6.45) is 13.5. The molecule has 1 aliphatic carbocycles. The van der Waals surface area contributed by atoms with Crippen LogP contribution in [0.5, 0.6) is 0 Å². The van der Waals surface area contributed by atoms with Crippen molar-refractivity contribution < 1.29 is 5.11 Å². The number of allylic oxidation sites excluding steroid dienone is 1. The third kappa shape index (κ3) is 5.39. The molecular formula is C26H37N7O. The summed E-state index contributed by atoms with van der Waals surface area (Å²) >= 11 is 0. The number of rotatable bonds is 8. The van der Waals surface area contributed by atoms with Gasteiger partial charge >= 0.3 is 0 Å². The maximum atomic E-state index is 9.17. The lowest BCUT2D eigenvalue weighted by Crippen LogP contribution is -2.44. The summed E-state index contributed by atoms with van der Waals surface area (Å²) in [6.45, 7) is 4.25. The van der Waals surface area contributed by atoms with Crippen LogP contribution in [0.25, 0.3) is 0 Å². The van der Waals surface area contributed by atoms with E-state index in [-0.39, 0.29) is 6.61 Å². The molecule has 0 radical (unpaired) electrons. The predicted octanol–water partition coefficient (Wildman–Crippen LogP) is 2.91. The molecule has 1 saturated heterocycles. The van der Waals surface area contributed by atoms with Gasteiger partial charge in [0.15, 0.2) is 5.84 Å². The Bertz CT molecular complexity index is 1050. The van der Waals surface area contributed by atoms with Gasteiger partial charge < -0.3 is 26.9 Å². The topological polar surface area (TPSA) is 130 Å². The van der Waals surface area contributed by atoms with Gasteiger partial charge in [0.1, 0.15) is 0 Å². The van der Waals surface area contributed by atoms with Crippen molar-refractivity contribution in [1.82, 2.24) is 14.7 Å². The first-order valence-electron chi connectivity index (χ1n) is 12.3. The highest BCUT2D eigenvalue weighted by molar-refractivity contribution is 6.07. The van der Waals surface area contributed by atoms with Crippen LogP contribution in [-0.4, -0.2) is 63.1 Å². The van der Waals surface area contributed by atoms with Gasteiger partial charge in [-0.15, -0.1) is 0 Å². The zero-order valence-corrected chi connectivity index (χ0v) is 20.0. The smallest absolute Gasteiger partial charge is 0.150 e. The van der Waals surface area contributed by atoms with Crippen molar-refractivity contribution in [2.45, 2.75) is 63.5 Å². The maximum Gasteiger partial charge on any atom is 0.150 e. The van der Waals surface area contributed by atoms with Crippen LogP contribution in [0, 0.1) is 5.41 Å². The lowest BCUT2D eigenvalue weighted by molar-refractivity contribution is 0.0975. The number of aliphatic hydroxyl groups is 1. The van der Waals surface area contributed by atoms with E-state index in [1.807, 2.05) is 19.2 Å². The lowest BCUT2D eigenvalue weighted by Gasteiger charge is -2.42. The predicted molar refractivity (Wildman–Crippen MR) is 138 cm³/mol. The standard InChI is InChI=1S/C26H37N7O/c1-18(31-25(7-11-27)33-17-19(10-14-34)16-30-33)26(29)23-15-21(5-6-24(23)28)20-8-12-32(13-9-20)22-3-2-4-22/h5-7,11,15-18,20,22,29,34H,2-4,8-10,12-14,27-28H2,1H3/b11-7-,29-26?,31-25+. The number of hydrogen-bond acceptors (Lipinski definition) is 7. The molecule has 1 aromatic carbocycles. The Labute approximate surface area is 201 Å². The number of nitrogen functional groups attached to an aromatic ring is 1. The molecule has 34 heavy (non-hydrogen) atoms. The second-order valence-electron chi connectivity index (χ2n) is 9.44. The van der Waals surface area contributed by atoms with Crippen LogP contribution < -0.4 is 11.5 Å². The number of nitrogens with two attached hydrogens (primary N) is 2. The molecule has 0 amide bonds. The third-order valence-electron chi connectivity index (χ3n) is 7.22. The van der Waals surface area contributed by atoms with Crippen molar-refractivity contribution in [2.75, 3.05) is 25.4 Å². The second kappa shape index (κ2) is 11.0. The average Bonchev–Trinajstić information content (AvgIpc) is 3.27. The van der Waals surface area contributed by atoms with Gasteiger partial charge in [0.2, 0.25) is 0 Å². The van der Waals surface area contributed by atoms with Crippen LogP contribution in [0.4, 0.5) is 5.69 Å². The lowest BCUT2D eigenvalue weighted by atomic mass is 9.84. The van der Waals surface area contributed by atoms with E-state index in [1.165, 1.54) is 31.0 Å². The largest absolute Gasteiger partial charge is 0.404 e. The van der Waals surface area contributed by atoms with Gasteiger partial charge in [-0.2, -0.15) is 5.10 Å². The number of benzene rings is 1. The van der Waals surface area contributed by atoms with E-state index in [4.69, 9.17) is 27.0 Å². The molecule has 0 spiro atoms. The van der Waals surface area contributed by atoms with E-state index in [2.05, 4.69) is 22.1 Å². The summed E-state index contributed by atoms with van der Waals surface area (Å²) in [5, 5.41) is 22.3. The van der Waals surface area contributed by atoms with Crippen molar-refractivity contribution in [2.24, 2.45) is 10.7 Å². The Morgan fingerprint density at radius 3 is 2.71 bits per heavy atom. The van der Waals surface area contributed by atoms with Crippen molar-refractivity contribution in [3.63, 3.8) is 0 Å². The molecule has 4 rings (SSSR count). The van der Waals surface area contributed by atoms with Crippen molar-refractivity contribution in [1.29, 1.82) is 5.41 Å². The van der Waals surface area contributed by atoms with E-state index < -0.39 is 6.04 Å². The molecule has 1 saturated carbocycles. The summed E-state index contributed by atoms with van der Waals surface area (Å²) in [7, 11) is 0. The fraction of sp³-hybridized carbons (Fsp3) is 0.500. The first-order valence-corrected chi connectivity index (χ1v) is 12.3. The molecular weight excluding hydrogens is 426 g/mol. The fourth-order valence-electron chi connectivity index (χ4n) is 4.91. The Morgan fingerprint density at radius 2 is 2.06 bits per heavy atom. The molecule has 8 nitrogen and oxygen atoms in total. The summed E-state index contributed by atoms with van der Waals surface area (Å²) in [6, 6.07) is 6.52. The average molecular weight is 464 g/mol. The number of aliphatic hydroxyl groups excluding tert-OH is 1. The molecule has 1 atom stereocenters. The third-order valence-corrected chi connectivity index (χ3v) is 7.22. The Kier molecular flexibility index (Phi) is 7.80. The highest BCUT2D eigenvalue weighted by Crippen LogP contribution is 2.34. The maximum absolute atomic E-state index is 9.17. The zero-order valence-electron chi connectivity index (χ0n) is 20.0. The van der Waals surface area contributed by atoms with Crippen molar-refractivity contribution in [3.05, 3.63) is 59.6 Å². The quantitative estimate of drug-likeness (QED) is 0.272. The van der Waals surface area contributed by atoms with Crippen molar-refractivity contribution >= 4 is 17.2 Å². The number of nitrogens with zero attached hydrogens (tertiary/aromatic N) is 4. The molecule has 182 valence electrons. The van der Waals surface area contributed by atoms with E-state index in [1.54, 1.807) is 17.0 Å². The number of anilines is 1. The summed E-state index contributed by atoms with van der Waals surface area (Å²) < 4.78 is 1.62. The van der Waals surface area contributed by atoms with Gasteiger partial charge in [0, 0.05) is 30.1 Å². The van der Waals surface area contributed by atoms with Gasteiger partial charge in [-0.3, -0.25) is 4.99 Å². The van der Waals surface area contributed by atoms with E-state index in [9.17, 15) is 0 Å². The first-order chi connectivity index (χ1) is 16.5. The monoisotopic (exact) mass is 463 g/mol. The number of likely N-dealkylation sites (tertiary alicyclic amines) is 1.